The van der Waals surface area contributed by atoms with Crippen molar-refractivity contribution in [2.24, 2.45) is 16.7 Å². The number of ether oxygens (including phenoxy) is 2. The first-order valence-corrected chi connectivity index (χ1v) is 13.0. The van der Waals surface area contributed by atoms with Crippen molar-refractivity contribution >= 4 is 24.2 Å². The Bertz CT molecular complexity index is 891. The number of ketones is 1. The molecule has 0 spiro atoms. The average Bonchev–Trinajstić information content (AvgIpc) is 2.78. The van der Waals surface area contributed by atoms with E-state index in [0.29, 0.717) is 12.8 Å². The Morgan fingerprint density at radius 3 is 2.36 bits per heavy atom. The molecule has 0 bridgehead atoms. The maximum absolute atomic E-state index is 13.9. The third-order valence-corrected chi connectivity index (χ3v) is 9.79. The van der Waals surface area contributed by atoms with Gasteiger partial charge in [0, 0.05) is 17.8 Å². The van der Waals surface area contributed by atoms with Gasteiger partial charge in [-0.05, 0) is 58.0 Å². The molecule has 2 saturated carbocycles. The molecule has 36 heavy (non-hydrogen) atoms. The lowest BCUT2D eigenvalue weighted by molar-refractivity contribution is -0.370. The van der Waals surface area contributed by atoms with Crippen molar-refractivity contribution in [2.45, 2.75) is 108 Å². The van der Waals surface area contributed by atoms with Crippen LogP contribution in [0.4, 0.5) is 0 Å². The number of hydrogen-bond donors (Lipinski definition) is 3. The van der Waals surface area contributed by atoms with Crippen LogP contribution in [0.5, 0.6) is 0 Å². The van der Waals surface area contributed by atoms with Gasteiger partial charge in [-0.25, -0.2) is 0 Å². The average molecular weight is 530 g/mol. The Kier molecular flexibility index (Phi) is 7.89. The summed E-state index contributed by atoms with van der Waals surface area (Å²) in [4.78, 5) is 29.1. The molecular weight excluding hydrogens is 486 g/mol. The number of hydrogen-bond acceptors (Lipinski definition) is 8. The third-order valence-electron chi connectivity index (χ3n) is 9.79. The van der Waals surface area contributed by atoms with Crippen molar-refractivity contribution in [2.75, 3.05) is 19.6 Å². The summed E-state index contributed by atoms with van der Waals surface area (Å²) < 4.78 is 12.4. The molecule has 8 nitrogen and oxygen atoms in total. The molecule has 4 fully saturated rings. The Balaban J connectivity index is 0.00000361. The number of carbonyl (C=O) groups excluding carboxylic acids is 2. The predicted octanol–water partition coefficient (Wildman–Crippen LogP) is 2.41. The molecule has 0 aromatic rings. The van der Waals surface area contributed by atoms with Crippen LogP contribution >= 0.6 is 12.4 Å². The monoisotopic (exact) mass is 529 g/mol. The van der Waals surface area contributed by atoms with Crippen LogP contribution in [0.1, 0.15) is 73.1 Å². The lowest BCUT2D eigenvalue weighted by Crippen LogP contribution is -2.86. The fraction of sp³-hybridized carbons (Fsp3) is 0.852. The van der Waals surface area contributed by atoms with E-state index in [1.54, 1.807) is 13.8 Å². The fourth-order valence-electron chi connectivity index (χ4n) is 7.96. The molecule has 8 atom stereocenters. The van der Waals surface area contributed by atoms with Crippen LogP contribution in [0, 0.1) is 16.7 Å². The van der Waals surface area contributed by atoms with Crippen LogP contribution in [-0.2, 0) is 19.1 Å². The number of aliphatic hydroxyl groups excluding tert-OH is 2. The van der Waals surface area contributed by atoms with E-state index in [1.165, 1.54) is 13.0 Å². The highest BCUT2D eigenvalue weighted by molar-refractivity contribution is 5.92. The number of esters is 1. The van der Waals surface area contributed by atoms with E-state index >= 15 is 0 Å². The Hall–Kier alpha value is -1.03. The van der Waals surface area contributed by atoms with Gasteiger partial charge < -0.3 is 24.8 Å². The number of halogens is 1. The first-order chi connectivity index (χ1) is 16.2. The zero-order chi connectivity index (χ0) is 26.0. The molecule has 4 rings (SSSR count). The molecule has 4 aliphatic rings. The van der Waals surface area contributed by atoms with Crippen LogP contribution in [0.15, 0.2) is 12.7 Å². The SMILES string of the molecule is C=C[C@@]1(C)CC(=O)[C@]2(O)C3(C)C(C(O)C(OC(=O)CN4CCCCC4)[C@@]2(C)O1)C(C)(C)CC[C@@H]3O.Cl. The smallest absolute Gasteiger partial charge is 0.320 e. The van der Waals surface area contributed by atoms with Crippen molar-refractivity contribution in [3.63, 3.8) is 0 Å². The minimum absolute atomic E-state index is 0. The van der Waals surface area contributed by atoms with Crippen molar-refractivity contribution in [1.82, 2.24) is 4.90 Å². The second-order valence-electron chi connectivity index (χ2n) is 12.6. The normalized spacial score (nSPS) is 46.6. The number of carbonyl (C=O) groups is 2. The Morgan fingerprint density at radius 2 is 1.78 bits per heavy atom. The largest absolute Gasteiger partial charge is 0.455 e. The van der Waals surface area contributed by atoms with Crippen LogP contribution in [-0.4, -0.2) is 86.7 Å². The quantitative estimate of drug-likeness (QED) is 0.375. The first kappa shape index (κ1) is 29.5. The van der Waals surface area contributed by atoms with E-state index in [9.17, 15) is 24.9 Å². The molecule has 4 unspecified atom stereocenters. The van der Waals surface area contributed by atoms with Gasteiger partial charge in [-0.15, -0.1) is 19.0 Å². The van der Waals surface area contributed by atoms with Crippen LogP contribution < -0.4 is 0 Å². The number of nitrogens with zero attached hydrogens (tertiary/aromatic N) is 1. The maximum Gasteiger partial charge on any atom is 0.320 e. The van der Waals surface area contributed by atoms with E-state index in [0.717, 1.165) is 32.4 Å². The number of Topliss-reactive ketones (excluding diaryl/α,β-unsaturated/α-hetero) is 1. The number of rotatable bonds is 4. The Labute approximate surface area is 220 Å². The number of piperidine rings is 1. The molecule has 0 radical (unpaired) electrons. The van der Waals surface area contributed by atoms with Crippen molar-refractivity contribution < 1.29 is 34.4 Å². The molecule has 2 aliphatic heterocycles. The summed E-state index contributed by atoms with van der Waals surface area (Å²) in [6, 6.07) is 0. The van der Waals surface area contributed by atoms with Gasteiger partial charge in [0.2, 0.25) is 0 Å². The van der Waals surface area contributed by atoms with E-state index in [4.69, 9.17) is 9.47 Å². The Morgan fingerprint density at radius 1 is 1.17 bits per heavy atom. The summed E-state index contributed by atoms with van der Waals surface area (Å²) in [5.74, 6) is -1.74. The summed E-state index contributed by atoms with van der Waals surface area (Å²) in [6.07, 6.45) is 1.86. The van der Waals surface area contributed by atoms with E-state index in [-0.39, 0.29) is 25.4 Å². The van der Waals surface area contributed by atoms with Gasteiger partial charge in [0.25, 0.3) is 0 Å². The molecule has 206 valence electrons. The van der Waals surface area contributed by atoms with Crippen LogP contribution in [0.25, 0.3) is 0 Å². The molecule has 3 N–H and O–H groups in total. The highest BCUT2D eigenvalue weighted by atomic mass is 35.5. The minimum Gasteiger partial charge on any atom is -0.455 e. The number of likely N-dealkylation sites (tertiary alicyclic amines) is 1. The third kappa shape index (κ3) is 4.07. The summed E-state index contributed by atoms with van der Waals surface area (Å²) in [5.41, 5.74) is -7.09. The van der Waals surface area contributed by atoms with Crippen molar-refractivity contribution in [1.29, 1.82) is 0 Å². The van der Waals surface area contributed by atoms with Gasteiger partial charge in [0.05, 0.1) is 24.4 Å². The second kappa shape index (κ2) is 9.62. The number of aliphatic hydroxyl groups is 3. The van der Waals surface area contributed by atoms with Gasteiger partial charge in [-0.3, -0.25) is 14.5 Å². The van der Waals surface area contributed by atoms with Gasteiger partial charge in [-0.1, -0.05) is 33.3 Å². The maximum atomic E-state index is 13.9. The van der Waals surface area contributed by atoms with Gasteiger partial charge in [-0.2, -0.15) is 0 Å². The summed E-state index contributed by atoms with van der Waals surface area (Å²) in [5, 5.41) is 35.6. The molecule has 2 heterocycles. The van der Waals surface area contributed by atoms with E-state index in [1.807, 2.05) is 18.7 Å². The molecule has 9 heteroatoms. The molecule has 2 saturated heterocycles. The molecule has 0 aromatic heterocycles. The summed E-state index contributed by atoms with van der Waals surface area (Å²) in [7, 11) is 0. The fourth-order valence-corrected chi connectivity index (χ4v) is 7.96. The summed E-state index contributed by atoms with van der Waals surface area (Å²) in [6.45, 7) is 14.3. The lowest BCUT2D eigenvalue weighted by atomic mass is 9.40. The van der Waals surface area contributed by atoms with Gasteiger partial charge in [0.1, 0.15) is 5.60 Å². The van der Waals surface area contributed by atoms with Crippen molar-refractivity contribution in [3.8, 4) is 0 Å². The van der Waals surface area contributed by atoms with E-state index in [2.05, 4.69) is 6.58 Å². The van der Waals surface area contributed by atoms with Crippen LogP contribution in [0.3, 0.4) is 0 Å². The second-order valence-corrected chi connectivity index (χ2v) is 12.6. The highest BCUT2D eigenvalue weighted by Gasteiger charge is 2.81. The topological polar surface area (TPSA) is 117 Å². The predicted molar refractivity (Wildman–Crippen MR) is 137 cm³/mol. The van der Waals surface area contributed by atoms with E-state index < -0.39 is 63.6 Å². The van der Waals surface area contributed by atoms with Gasteiger partial charge in [0.15, 0.2) is 17.5 Å². The molecule has 2 aliphatic carbocycles. The lowest BCUT2D eigenvalue weighted by Gasteiger charge is -2.71. The van der Waals surface area contributed by atoms with Crippen LogP contribution in [0.2, 0.25) is 0 Å². The van der Waals surface area contributed by atoms with Crippen molar-refractivity contribution in [3.05, 3.63) is 12.7 Å². The molecule has 0 aromatic carbocycles. The minimum atomic E-state index is -2.19. The standard InChI is InChI=1S/C27H43NO7.ClH/c1-7-24(4)15-18(30)27(33)25(5)17(29)11-12-23(2,3)21(25)20(32)22(26(27,6)35-24)34-19(31)16-28-13-9-8-10-14-28;/h7,17,20-22,29,32-33H,1,8-16H2,2-6H3;1H/t17-,20?,21?,22?,24-,25?,26+,27-;/m0./s1. The summed E-state index contributed by atoms with van der Waals surface area (Å²) >= 11 is 0. The number of fused-ring (bicyclic) bond motifs is 3. The molecule has 0 amide bonds. The zero-order valence-corrected chi connectivity index (χ0v) is 23.1. The first-order valence-electron chi connectivity index (χ1n) is 13.0. The zero-order valence-electron chi connectivity index (χ0n) is 22.3. The molecular formula is C27H44ClNO7. The highest BCUT2D eigenvalue weighted by Crippen LogP contribution is 2.67. The van der Waals surface area contributed by atoms with Gasteiger partial charge >= 0.3 is 5.97 Å².